The third-order valence-electron chi connectivity index (χ3n) is 11.8. The van der Waals surface area contributed by atoms with Crippen molar-refractivity contribution in [3.63, 3.8) is 0 Å². The van der Waals surface area contributed by atoms with Crippen molar-refractivity contribution < 1.29 is 23.9 Å². The number of hydrogen-bond acceptors (Lipinski definition) is 7. The van der Waals surface area contributed by atoms with E-state index in [0.717, 1.165) is 82.6 Å². The zero-order chi connectivity index (χ0) is 34.1. The molecule has 49 heavy (non-hydrogen) atoms. The molecule has 3 heterocycles. The van der Waals surface area contributed by atoms with Crippen LogP contribution in [0.15, 0.2) is 30.9 Å². The summed E-state index contributed by atoms with van der Waals surface area (Å²) < 4.78 is 9.10. The summed E-state index contributed by atoms with van der Waals surface area (Å²) in [7, 11) is 0. The number of hydrogen-bond donors (Lipinski definition) is 3. The lowest BCUT2D eigenvalue weighted by Crippen LogP contribution is -2.58. The van der Waals surface area contributed by atoms with E-state index in [4.69, 9.17) is 4.74 Å². The topological polar surface area (TPSA) is 120 Å². The number of benzene rings is 1. The van der Waals surface area contributed by atoms with Gasteiger partial charge in [-0.3, -0.25) is 24.0 Å². The van der Waals surface area contributed by atoms with Crippen LogP contribution in [-0.2, 0) is 38.6 Å². The molecule has 6 atom stereocenters. The highest BCUT2D eigenvalue weighted by molar-refractivity contribution is 7.98. The highest BCUT2D eigenvalue weighted by atomic mass is 32.2. The molecule has 3 aliphatic carbocycles. The lowest BCUT2D eigenvalue weighted by atomic mass is 9.94. The van der Waals surface area contributed by atoms with E-state index in [9.17, 15) is 19.2 Å². The third kappa shape index (κ3) is 7.53. The van der Waals surface area contributed by atoms with E-state index < -0.39 is 29.8 Å². The van der Waals surface area contributed by atoms with Gasteiger partial charge in [0.1, 0.15) is 17.7 Å². The van der Waals surface area contributed by atoms with Gasteiger partial charge in [-0.05, 0) is 92.8 Å². The Labute approximate surface area is 295 Å². The number of nitrogens with one attached hydrogen (secondary N) is 3. The van der Waals surface area contributed by atoms with Crippen LogP contribution in [0.1, 0.15) is 107 Å². The minimum Gasteiger partial charge on any atom is -0.444 e. The molecule has 266 valence electrons. The van der Waals surface area contributed by atoms with E-state index in [1.807, 2.05) is 0 Å². The lowest BCUT2D eigenvalue weighted by Gasteiger charge is -2.33. The Hall–Kier alpha value is -3.05. The highest BCUT2D eigenvalue weighted by Crippen LogP contribution is 2.46. The number of fused-ring (bicyclic) bond motifs is 3. The van der Waals surface area contributed by atoms with E-state index in [1.54, 1.807) is 15.9 Å². The van der Waals surface area contributed by atoms with Crippen molar-refractivity contribution in [2.75, 3.05) is 6.54 Å². The maximum Gasteiger partial charge on any atom is 0.410 e. The molecule has 1 saturated heterocycles. The maximum absolute atomic E-state index is 14.7. The van der Waals surface area contributed by atoms with Crippen molar-refractivity contribution in [1.82, 2.24) is 25.2 Å². The summed E-state index contributed by atoms with van der Waals surface area (Å²) in [5.74, 6) is -0.690. The van der Waals surface area contributed by atoms with Crippen molar-refractivity contribution in [2.45, 2.75) is 145 Å². The summed E-state index contributed by atoms with van der Waals surface area (Å²) >= 11 is 1.42. The molecular weight excluding hydrogens is 639 g/mol. The van der Waals surface area contributed by atoms with Gasteiger partial charge in [-0.1, -0.05) is 56.4 Å². The van der Waals surface area contributed by atoms with Crippen LogP contribution in [0.3, 0.4) is 0 Å². The number of nitrogens with zero attached hydrogens (tertiary/aromatic N) is 2. The number of rotatable bonds is 7. The molecule has 1 aromatic rings. The first-order valence-electron chi connectivity index (χ1n) is 18.8. The monoisotopic (exact) mass is 691 g/mol. The fourth-order valence-corrected chi connectivity index (χ4v) is 9.41. The van der Waals surface area contributed by atoms with Gasteiger partial charge in [0, 0.05) is 36.7 Å². The van der Waals surface area contributed by atoms with Gasteiger partial charge in [-0.15, -0.1) is 6.58 Å². The second-order valence-corrected chi connectivity index (χ2v) is 16.6. The first kappa shape index (κ1) is 34.4. The summed E-state index contributed by atoms with van der Waals surface area (Å²) in [5.41, 5.74) is 2.61. The molecule has 0 aromatic heterocycles. The smallest absolute Gasteiger partial charge is 0.410 e. The molecule has 0 radical (unpaired) electrons. The first-order chi connectivity index (χ1) is 23.8. The molecule has 1 aromatic carbocycles. The van der Waals surface area contributed by atoms with Crippen molar-refractivity contribution in [3.05, 3.63) is 47.5 Å². The molecule has 3 aliphatic heterocycles. The van der Waals surface area contributed by atoms with Gasteiger partial charge in [0.05, 0.1) is 12.6 Å². The quantitative estimate of drug-likeness (QED) is 0.268. The Balaban J connectivity index is 1.14. The van der Waals surface area contributed by atoms with E-state index in [2.05, 4.69) is 47.1 Å². The molecular formula is C38H53N5O5S. The van der Waals surface area contributed by atoms with E-state index in [-0.39, 0.29) is 48.6 Å². The van der Waals surface area contributed by atoms with Crippen LogP contribution in [0.5, 0.6) is 0 Å². The summed E-state index contributed by atoms with van der Waals surface area (Å²) in [6.07, 6.45) is 14.1. The normalized spacial score (nSPS) is 32.6. The SMILES string of the molecule is C=C[C@@H]1C[C@]1(NC(=O)[C@@H]1C[C@@H]2CN1C(=O)[C@H](C1CCCC1)NC(C)CCCCCCc1cccc3c1CN(C3)C(=O)O2)C(=O)NSC1CC1. The average molecular weight is 692 g/mol. The predicted molar refractivity (Wildman–Crippen MR) is 189 cm³/mol. The summed E-state index contributed by atoms with van der Waals surface area (Å²) in [5, 5.41) is 7.21. The summed E-state index contributed by atoms with van der Waals surface area (Å²) in [6.45, 7) is 7.23. The molecule has 3 N–H and O–H groups in total. The number of aryl methyl sites for hydroxylation is 1. The lowest BCUT2D eigenvalue weighted by molar-refractivity contribution is -0.142. The zero-order valence-corrected chi connectivity index (χ0v) is 29.7. The van der Waals surface area contributed by atoms with Gasteiger partial charge >= 0.3 is 6.09 Å². The fraction of sp³-hybridized carbons (Fsp3) is 0.684. The third-order valence-corrected chi connectivity index (χ3v) is 12.9. The van der Waals surface area contributed by atoms with Crippen molar-refractivity contribution in [1.29, 1.82) is 0 Å². The maximum atomic E-state index is 14.7. The van der Waals surface area contributed by atoms with Gasteiger partial charge in [0.2, 0.25) is 11.8 Å². The van der Waals surface area contributed by atoms with Crippen LogP contribution < -0.4 is 15.4 Å². The zero-order valence-electron chi connectivity index (χ0n) is 28.9. The summed E-state index contributed by atoms with van der Waals surface area (Å²) in [6, 6.07) is 5.24. The van der Waals surface area contributed by atoms with Gasteiger partial charge in [0.15, 0.2) is 0 Å². The second kappa shape index (κ2) is 14.7. The fourth-order valence-electron chi connectivity index (χ4n) is 8.59. The van der Waals surface area contributed by atoms with Crippen molar-refractivity contribution in [3.8, 4) is 0 Å². The van der Waals surface area contributed by atoms with Gasteiger partial charge in [0.25, 0.3) is 5.91 Å². The molecule has 3 saturated carbocycles. The Kier molecular flexibility index (Phi) is 10.3. The Bertz CT molecular complexity index is 1450. The van der Waals surface area contributed by atoms with Gasteiger partial charge < -0.3 is 20.3 Å². The number of ether oxygens (including phenoxy) is 1. The average Bonchev–Trinajstić information content (AvgIpc) is 3.81. The molecule has 4 bridgehead atoms. The van der Waals surface area contributed by atoms with Crippen molar-refractivity contribution in [2.24, 2.45) is 11.8 Å². The molecule has 1 unspecified atom stereocenters. The first-order valence-corrected chi connectivity index (χ1v) is 19.7. The Morgan fingerprint density at radius 2 is 1.78 bits per heavy atom. The molecule has 10 nitrogen and oxygen atoms in total. The Morgan fingerprint density at radius 1 is 1.02 bits per heavy atom. The molecule has 7 rings (SSSR count). The van der Waals surface area contributed by atoms with E-state index in [1.165, 1.54) is 23.1 Å². The molecule has 4 fully saturated rings. The minimum absolute atomic E-state index is 0.104. The second-order valence-electron chi connectivity index (χ2n) is 15.5. The number of carbonyl (C=O) groups excluding carboxylic acids is 4. The van der Waals surface area contributed by atoms with Crippen LogP contribution in [-0.4, -0.2) is 75.2 Å². The standard InChI is InChI=1S/C38H53N5O5S/c1-3-28-20-38(28,36(46)41-49-30-17-18-30)40-34(44)32-19-29-22-43(32)35(45)33(26-13-8-9-14-26)39-24(2)11-6-4-5-7-12-25-15-10-16-27-21-42(23-31(25)27)37(47)48-29/h3,10,15-16,24,26,28-30,32-33,39H,1,4-9,11-14,17-23H2,2H3,(H,40,44)(H,41,46)/t24?,28-,29-,32+,33+,38-/m1/s1. The van der Waals surface area contributed by atoms with Gasteiger partial charge in [-0.25, -0.2) is 4.79 Å². The van der Waals surface area contributed by atoms with E-state index >= 15 is 0 Å². The van der Waals surface area contributed by atoms with Crippen LogP contribution in [0, 0.1) is 11.8 Å². The van der Waals surface area contributed by atoms with Gasteiger partial charge in [-0.2, -0.15) is 0 Å². The van der Waals surface area contributed by atoms with Crippen LogP contribution in [0.25, 0.3) is 0 Å². The molecule has 4 amide bonds. The molecule has 6 aliphatic rings. The highest BCUT2D eigenvalue weighted by Gasteiger charge is 2.61. The number of carbonyl (C=O) groups is 4. The molecule has 0 spiro atoms. The number of amides is 4. The van der Waals surface area contributed by atoms with Crippen LogP contribution >= 0.6 is 11.9 Å². The Morgan fingerprint density at radius 3 is 2.53 bits per heavy atom. The van der Waals surface area contributed by atoms with Crippen LogP contribution in [0.2, 0.25) is 0 Å². The van der Waals surface area contributed by atoms with E-state index in [0.29, 0.717) is 24.8 Å². The largest absolute Gasteiger partial charge is 0.444 e. The van der Waals surface area contributed by atoms with Crippen molar-refractivity contribution >= 4 is 35.8 Å². The molecule has 11 heteroatoms. The predicted octanol–water partition coefficient (Wildman–Crippen LogP) is 5.14. The van der Waals surface area contributed by atoms with Crippen LogP contribution in [0.4, 0.5) is 4.79 Å². The minimum atomic E-state index is -1.08. The summed E-state index contributed by atoms with van der Waals surface area (Å²) in [4.78, 5) is 59.4.